The Morgan fingerprint density at radius 1 is 1.21 bits per heavy atom. The minimum atomic E-state index is -0.461. The molecule has 0 aromatic heterocycles. The van der Waals surface area contributed by atoms with Gasteiger partial charge in [-0.05, 0) is 31.1 Å². The molecule has 0 saturated heterocycles. The van der Waals surface area contributed by atoms with Gasteiger partial charge >= 0.3 is 0 Å². The second kappa shape index (κ2) is 5.27. The lowest BCUT2D eigenvalue weighted by Gasteiger charge is -2.34. The van der Waals surface area contributed by atoms with E-state index in [4.69, 9.17) is 15.2 Å². The maximum Gasteiger partial charge on any atom is 0.167 e. The fourth-order valence-electron chi connectivity index (χ4n) is 2.48. The molecule has 0 unspecified atom stereocenters. The minimum absolute atomic E-state index is 0.158. The van der Waals surface area contributed by atoms with Crippen molar-refractivity contribution in [3.8, 4) is 11.5 Å². The van der Waals surface area contributed by atoms with Crippen LogP contribution in [-0.4, -0.2) is 13.2 Å². The van der Waals surface area contributed by atoms with Crippen molar-refractivity contribution in [3.05, 3.63) is 17.9 Å². The smallest absolute Gasteiger partial charge is 0.167 e. The van der Waals surface area contributed by atoms with E-state index in [2.05, 4.69) is 13.8 Å². The molecule has 2 N–H and O–H groups in total. The number of rotatable bonds is 3. The summed E-state index contributed by atoms with van der Waals surface area (Å²) in [7, 11) is 1.43. The van der Waals surface area contributed by atoms with E-state index in [0.717, 1.165) is 25.7 Å². The van der Waals surface area contributed by atoms with Crippen LogP contribution in [0.15, 0.2) is 12.1 Å². The van der Waals surface area contributed by atoms with Crippen LogP contribution in [0.4, 0.5) is 10.1 Å². The number of nitrogens with two attached hydrogens (primary N) is 1. The van der Waals surface area contributed by atoms with E-state index < -0.39 is 5.82 Å². The Bertz CT molecular complexity index is 450. The summed E-state index contributed by atoms with van der Waals surface area (Å²) in [5.41, 5.74) is 6.51. The first-order chi connectivity index (χ1) is 8.91. The number of methoxy groups -OCH3 is 1. The molecule has 19 heavy (non-hydrogen) atoms. The third kappa shape index (κ3) is 3.31. The molecule has 4 heteroatoms. The quantitative estimate of drug-likeness (QED) is 0.848. The lowest BCUT2D eigenvalue weighted by Crippen LogP contribution is -2.28. The Hall–Kier alpha value is -1.45. The van der Waals surface area contributed by atoms with E-state index in [1.54, 1.807) is 0 Å². The van der Waals surface area contributed by atoms with E-state index in [1.165, 1.54) is 19.2 Å². The normalized spacial score (nSPS) is 19.2. The molecule has 1 aliphatic carbocycles. The summed E-state index contributed by atoms with van der Waals surface area (Å²) in [6.07, 6.45) is 4.44. The first-order valence-electron chi connectivity index (χ1n) is 6.71. The molecule has 0 heterocycles. The van der Waals surface area contributed by atoms with Crippen molar-refractivity contribution in [1.82, 2.24) is 0 Å². The molecule has 0 amide bonds. The monoisotopic (exact) mass is 267 g/mol. The van der Waals surface area contributed by atoms with Gasteiger partial charge in [-0.15, -0.1) is 0 Å². The Morgan fingerprint density at radius 2 is 1.84 bits per heavy atom. The molecule has 2 rings (SSSR count). The van der Waals surface area contributed by atoms with E-state index in [1.807, 2.05) is 0 Å². The number of anilines is 1. The molecule has 1 fully saturated rings. The van der Waals surface area contributed by atoms with Crippen LogP contribution in [0.3, 0.4) is 0 Å². The van der Waals surface area contributed by atoms with Crippen LogP contribution in [0.5, 0.6) is 11.5 Å². The first kappa shape index (κ1) is 14.0. The topological polar surface area (TPSA) is 44.5 Å². The maximum atomic E-state index is 13.5. The van der Waals surface area contributed by atoms with E-state index in [-0.39, 0.29) is 11.9 Å². The van der Waals surface area contributed by atoms with E-state index in [9.17, 15) is 4.39 Å². The van der Waals surface area contributed by atoms with Crippen molar-refractivity contribution in [2.75, 3.05) is 12.8 Å². The summed E-state index contributed by atoms with van der Waals surface area (Å²) in [5.74, 6) is 0.223. The van der Waals surface area contributed by atoms with E-state index >= 15 is 0 Å². The van der Waals surface area contributed by atoms with Crippen molar-refractivity contribution in [2.24, 2.45) is 5.41 Å². The molecule has 0 aliphatic heterocycles. The van der Waals surface area contributed by atoms with Gasteiger partial charge in [-0.3, -0.25) is 0 Å². The number of ether oxygens (including phenoxy) is 2. The molecule has 0 spiro atoms. The predicted octanol–water partition coefficient (Wildman–Crippen LogP) is 3.76. The Kier molecular flexibility index (Phi) is 3.88. The van der Waals surface area contributed by atoms with Crippen LogP contribution in [0.2, 0.25) is 0 Å². The van der Waals surface area contributed by atoms with Gasteiger partial charge in [0.15, 0.2) is 11.6 Å². The average molecular weight is 267 g/mol. The molecule has 1 aromatic rings. The van der Waals surface area contributed by atoms with Crippen LogP contribution < -0.4 is 15.2 Å². The molecule has 0 bridgehead atoms. The maximum absolute atomic E-state index is 13.5. The summed E-state index contributed by atoms with van der Waals surface area (Å²) < 4.78 is 24.3. The zero-order valence-corrected chi connectivity index (χ0v) is 11.8. The zero-order valence-electron chi connectivity index (χ0n) is 11.8. The fraction of sp³-hybridized carbons (Fsp3) is 0.600. The van der Waals surface area contributed by atoms with Crippen LogP contribution in [-0.2, 0) is 0 Å². The van der Waals surface area contributed by atoms with Gasteiger partial charge in [0, 0.05) is 12.1 Å². The van der Waals surface area contributed by atoms with Gasteiger partial charge in [-0.1, -0.05) is 13.8 Å². The van der Waals surface area contributed by atoms with Crippen molar-refractivity contribution in [3.63, 3.8) is 0 Å². The number of hydrogen-bond donors (Lipinski definition) is 1. The second-order valence-corrected chi connectivity index (χ2v) is 6.01. The van der Waals surface area contributed by atoms with Crippen molar-refractivity contribution in [2.45, 2.75) is 45.6 Å². The van der Waals surface area contributed by atoms with Crippen molar-refractivity contribution >= 4 is 5.69 Å². The fourth-order valence-corrected chi connectivity index (χ4v) is 2.48. The third-order valence-electron chi connectivity index (χ3n) is 3.86. The Balaban J connectivity index is 2.07. The molecular weight excluding hydrogens is 245 g/mol. The van der Waals surface area contributed by atoms with Crippen molar-refractivity contribution < 1.29 is 13.9 Å². The highest BCUT2D eigenvalue weighted by Crippen LogP contribution is 2.38. The van der Waals surface area contributed by atoms with Gasteiger partial charge in [-0.2, -0.15) is 0 Å². The zero-order chi connectivity index (χ0) is 14.0. The van der Waals surface area contributed by atoms with Crippen LogP contribution in [0, 0.1) is 11.2 Å². The van der Waals surface area contributed by atoms with Gasteiger partial charge in [0.25, 0.3) is 0 Å². The van der Waals surface area contributed by atoms with Crippen molar-refractivity contribution in [1.29, 1.82) is 0 Å². The summed E-state index contributed by atoms with van der Waals surface area (Å²) >= 11 is 0. The summed E-state index contributed by atoms with van der Waals surface area (Å²) in [6.45, 7) is 4.55. The van der Waals surface area contributed by atoms with Crippen LogP contribution >= 0.6 is 0 Å². The van der Waals surface area contributed by atoms with Gasteiger partial charge in [-0.25, -0.2) is 4.39 Å². The number of hydrogen-bond acceptors (Lipinski definition) is 3. The molecule has 1 aromatic carbocycles. The third-order valence-corrected chi connectivity index (χ3v) is 3.86. The lowest BCUT2D eigenvalue weighted by molar-refractivity contribution is 0.0991. The highest BCUT2D eigenvalue weighted by Gasteiger charge is 2.28. The van der Waals surface area contributed by atoms with Gasteiger partial charge in [0.2, 0.25) is 0 Å². The number of halogens is 1. The molecule has 1 aliphatic rings. The van der Waals surface area contributed by atoms with Gasteiger partial charge in [0.05, 0.1) is 18.9 Å². The number of nitrogen functional groups attached to an aromatic ring is 1. The molecule has 0 atom stereocenters. The van der Waals surface area contributed by atoms with Crippen LogP contribution in [0.1, 0.15) is 39.5 Å². The molecular formula is C15H22FNO2. The Labute approximate surface area is 113 Å². The summed E-state index contributed by atoms with van der Waals surface area (Å²) in [6, 6.07) is 2.78. The molecule has 3 nitrogen and oxygen atoms in total. The SMILES string of the molecule is COc1cc(OC2CCC(C)(C)CC2)c(N)cc1F. The second-order valence-electron chi connectivity index (χ2n) is 6.01. The summed E-state index contributed by atoms with van der Waals surface area (Å²) in [4.78, 5) is 0. The lowest BCUT2D eigenvalue weighted by atomic mass is 9.76. The summed E-state index contributed by atoms with van der Waals surface area (Å²) in [5, 5.41) is 0. The minimum Gasteiger partial charge on any atom is -0.494 e. The largest absolute Gasteiger partial charge is 0.494 e. The average Bonchev–Trinajstić information content (AvgIpc) is 2.35. The Morgan fingerprint density at radius 3 is 2.42 bits per heavy atom. The van der Waals surface area contributed by atoms with Gasteiger partial charge in [0.1, 0.15) is 5.75 Å². The first-order valence-corrected chi connectivity index (χ1v) is 6.71. The van der Waals surface area contributed by atoms with E-state index in [0.29, 0.717) is 16.9 Å². The van der Waals surface area contributed by atoms with Crippen LogP contribution in [0.25, 0.3) is 0 Å². The molecule has 1 saturated carbocycles. The predicted molar refractivity (Wildman–Crippen MR) is 74.0 cm³/mol. The molecule has 106 valence electrons. The molecule has 0 radical (unpaired) electrons. The highest BCUT2D eigenvalue weighted by atomic mass is 19.1. The standard InChI is InChI=1S/C15H22FNO2/c1-15(2)6-4-10(5-7-15)19-14-9-13(18-3)11(16)8-12(14)17/h8-10H,4-7,17H2,1-3H3. The number of benzene rings is 1. The highest BCUT2D eigenvalue weighted by molar-refractivity contribution is 5.56. The van der Waals surface area contributed by atoms with Gasteiger partial charge < -0.3 is 15.2 Å².